The fourth-order valence-corrected chi connectivity index (χ4v) is 4.46. The van der Waals surface area contributed by atoms with Crippen molar-refractivity contribution < 1.29 is 0 Å². The number of hydrogen-bond acceptors (Lipinski definition) is 4. The first-order valence-corrected chi connectivity index (χ1v) is 9.80. The Morgan fingerprint density at radius 1 is 1.32 bits per heavy atom. The Kier molecular flexibility index (Phi) is 3.95. The summed E-state index contributed by atoms with van der Waals surface area (Å²) >= 11 is 1.60. The number of thioether (sulfide) groups is 1. The van der Waals surface area contributed by atoms with E-state index >= 15 is 0 Å². The van der Waals surface area contributed by atoms with Gasteiger partial charge >= 0.3 is 0 Å². The quantitative estimate of drug-likeness (QED) is 0.724. The lowest BCUT2D eigenvalue weighted by Gasteiger charge is -2.34. The summed E-state index contributed by atoms with van der Waals surface area (Å²) in [5, 5.41) is 7.98. The number of aromatic amines is 1. The zero-order chi connectivity index (χ0) is 17.6. The molecule has 1 N–H and O–H groups in total. The molecule has 4 rings (SSSR count). The first-order chi connectivity index (χ1) is 12.1. The van der Waals surface area contributed by atoms with Gasteiger partial charge in [0.25, 0.3) is 5.56 Å². The average Bonchev–Trinajstić information content (AvgIpc) is 3.03. The first kappa shape index (κ1) is 16.4. The molecule has 2 aromatic heterocycles. The second-order valence-electron chi connectivity index (χ2n) is 6.90. The molecular formula is C19H22N4OS. The maximum absolute atomic E-state index is 13.5. The fraction of sp³-hybridized carbons (Fsp3) is 0.421. The van der Waals surface area contributed by atoms with Gasteiger partial charge in [-0.1, -0.05) is 56.8 Å². The van der Waals surface area contributed by atoms with Gasteiger partial charge in [-0.05, 0) is 24.8 Å². The Morgan fingerprint density at radius 3 is 2.88 bits per heavy atom. The van der Waals surface area contributed by atoms with E-state index in [1.807, 2.05) is 6.07 Å². The summed E-state index contributed by atoms with van der Waals surface area (Å²) in [6.45, 7) is 6.44. The number of nitrogens with one attached hydrogen (secondary N) is 1. The molecule has 0 bridgehead atoms. The molecule has 1 aliphatic rings. The van der Waals surface area contributed by atoms with E-state index in [9.17, 15) is 4.79 Å². The molecule has 1 aliphatic carbocycles. The Morgan fingerprint density at radius 2 is 2.12 bits per heavy atom. The number of hydrogen-bond donors (Lipinski definition) is 1. The van der Waals surface area contributed by atoms with Gasteiger partial charge in [-0.15, -0.1) is 5.10 Å². The van der Waals surface area contributed by atoms with E-state index in [0.29, 0.717) is 10.9 Å². The minimum atomic E-state index is -0.209. The van der Waals surface area contributed by atoms with E-state index < -0.39 is 0 Å². The predicted octanol–water partition coefficient (Wildman–Crippen LogP) is 3.81. The van der Waals surface area contributed by atoms with Crippen molar-refractivity contribution in [1.82, 2.24) is 19.6 Å². The highest BCUT2D eigenvalue weighted by Gasteiger charge is 2.38. The zero-order valence-corrected chi connectivity index (χ0v) is 15.6. The molecule has 5 nitrogen and oxygen atoms in total. The minimum Gasteiger partial charge on any atom is -0.268 e. The minimum absolute atomic E-state index is 0.0196. The van der Waals surface area contributed by atoms with Crippen molar-refractivity contribution in [2.45, 2.75) is 50.6 Å². The van der Waals surface area contributed by atoms with Gasteiger partial charge in [0.05, 0.1) is 11.3 Å². The van der Waals surface area contributed by atoms with Crippen molar-refractivity contribution in [2.24, 2.45) is 0 Å². The molecule has 130 valence electrons. The standard InChI is InChI=1S/C19H22N4OS/c1-4-10-25-18-22-21-17-20-15-13-9-7-6-8-12(13)11-19(3,5-2)14(15)16(24)23(17)18/h6-9H,4-5,10-11H2,1-3H3,(H,20,21)/t19-/m1/s1. The maximum atomic E-state index is 13.5. The van der Waals surface area contributed by atoms with Crippen molar-refractivity contribution >= 4 is 17.5 Å². The second kappa shape index (κ2) is 6.02. The van der Waals surface area contributed by atoms with Crippen LogP contribution in [0.5, 0.6) is 0 Å². The molecule has 0 aliphatic heterocycles. The van der Waals surface area contributed by atoms with Gasteiger partial charge in [0.2, 0.25) is 5.78 Å². The van der Waals surface area contributed by atoms with Crippen LogP contribution in [0.1, 0.15) is 44.7 Å². The molecule has 6 heteroatoms. The summed E-state index contributed by atoms with van der Waals surface area (Å²) in [5.41, 5.74) is 3.78. The lowest BCUT2D eigenvalue weighted by atomic mass is 9.69. The summed E-state index contributed by atoms with van der Waals surface area (Å²) in [6, 6.07) is 8.28. The number of H-pyrrole nitrogens is 1. The van der Waals surface area contributed by atoms with Gasteiger partial charge in [-0.25, -0.2) is 14.5 Å². The number of aromatic nitrogens is 4. The predicted molar refractivity (Wildman–Crippen MR) is 101 cm³/mol. The molecule has 0 saturated carbocycles. The highest BCUT2D eigenvalue weighted by molar-refractivity contribution is 7.99. The normalized spacial score (nSPS) is 19.0. The average molecular weight is 354 g/mol. The van der Waals surface area contributed by atoms with E-state index in [4.69, 9.17) is 4.98 Å². The fourth-order valence-electron chi connectivity index (χ4n) is 3.67. The smallest absolute Gasteiger partial charge is 0.265 e. The van der Waals surface area contributed by atoms with Crippen LogP contribution in [0.3, 0.4) is 0 Å². The molecule has 1 atom stereocenters. The molecule has 25 heavy (non-hydrogen) atoms. The molecule has 0 radical (unpaired) electrons. The molecule has 0 fully saturated rings. The van der Waals surface area contributed by atoms with Crippen LogP contribution in [0.2, 0.25) is 0 Å². The molecule has 0 saturated heterocycles. The van der Waals surface area contributed by atoms with Gasteiger partial charge in [0, 0.05) is 16.7 Å². The third-order valence-electron chi connectivity index (χ3n) is 5.20. The topological polar surface area (TPSA) is 63.0 Å². The van der Waals surface area contributed by atoms with Gasteiger partial charge in [-0.2, -0.15) is 0 Å². The molecule has 2 heterocycles. The van der Waals surface area contributed by atoms with Gasteiger partial charge in [-0.3, -0.25) is 4.79 Å². The third kappa shape index (κ3) is 2.42. The number of fused-ring (bicyclic) bond motifs is 4. The van der Waals surface area contributed by atoms with Crippen molar-refractivity contribution in [3.63, 3.8) is 0 Å². The summed E-state index contributed by atoms with van der Waals surface area (Å²) in [4.78, 5) is 18.3. The number of nitrogens with zero attached hydrogens (tertiary/aromatic N) is 3. The Labute approximate surface area is 150 Å². The summed E-state index contributed by atoms with van der Waals surface area (Å²) < 4.78 is 1.65. The SMILES string of the molecule is CCCSc1n[nH]c2nc3c(c(=O)n12)[C@](C)(CC)Cc1ccccc1-3. The third-order valence-corrected chi connectivity index (χ3v) is 6.34. The van der Waals surface area contributed by atoms with Crippen LogP contribution in [0.25, 0.3) is 17.0 Å². The molecule has 0 spiro atoms. The molecule has 0 amide bonds. The molecule has 1 aromatic carbocycles. The van der Waals surface area contributed by atoms with Crippen LogP contribution >= 0.6 is 11.8 Å². The zero-order valence-electron chi connectivity index (χ0n) is 14.8. The van der Waals surface area contributed by atoms with Gasteiger partial charge < -0.3 is 0 Å². The second-order valence-corrected chi connectivity index (χ2v) is 7.96. The van der Waals surface area contributed by atoms with E-state index in [1.54, 1.807) is 16.2 Å². The van der Waals surface area contributed by atoms with Crippen LogP contribution in [0.4, 0.5) is 0 Å². The lowest BCUT2D eigenvalue weighted by molar-refractivity contribution is 0.439. The van der Waals surface area contributed by atoms with Crippen LogP contribution in [0, 0.1) is 0 Å². The van der Waals surface area contributed by atoms with Crippen LogP contribution in [0.15, 0.2) is 34.2 Å². The Hall–Kier alpha value is -2.08. The van der Waals surface area contributed by atoms with E-state index in [2.05, 4.69) is 49.2 Å². The monoisotopic (exact) mass is 354 g/mol. The van der Waals surface area contributed by atoms with Crippen molar-refractivity contribution in [1.29, 1.82) is 0 Å². The van der Waals surface area contributed by atoms with Crippen LogP contribution in [-0.2, 0) is 11.8 Å². The van der Waals surface area contributed by atoms with Gasteiger partial charge in [0.15, 0.2) is 5.16 Å². The lowest BCUT2D eigenvalue weighted by Crippen LogP contribution is -2.37. The largest absolute Gasteiger partial charge is 0.268 e. The maximum Gasteiger partial charge on any atom is 0.265 e. The Balaban J connectivity index is 2.05. The van der Waals surface area contributed by atoms with Crippen molar-refractivity contribution in [3.05, 3.63) is 45.7 Å². The molecule has 0 unspecified atom stereocenters. The Bertz CT molecular complexity index is 1010. The highest BCUT2D eigenvalue weighted by atomic mass is 32.2. The highest BCUT2D eigenvalue weighted by Crippen LogP contribution is 2.42. The summed E-state index contributed by atoms with van der Waals surface area (Å²) in [7, 11) is 0. The van der Waals surface area contributed by atoms with Crippen LogP contribution in [-0.4, -0.2) is 25.3 Å². The van der Waals surface area contributed by atoms with E-state index in [-0.39, 0.29) is 11.0 Å². The van der Waals surface area contributed by atoms with E-state index in [0.717, 1.165) is 41.8 Å². The van der Waals surface area contributed by atoms with Crippen molar-refractivity contribution in [2.75, 3.05) is 5.75 Å². The molecular weight excluding hydrogens is 332 g/mol. The number of rotatable bonds is 4. The molecule has 3 aromatic rings. The summed E-state index contributed by atoms with van der Waals surface area (Å²) in [5.74, 6) is 1.45. The van der Waals surface area contributed by atoms with Gasteiger partial charge in [0.1, 0.15) is 0 Å². The van der Waals surface area contributed by atoms with Crippen LogP contribution < -0.4 is 5.56 Å². The van der Waals surface area contributed by atoms with Crippen molar-refractivity contribution in [3.8, 4) is 11.3 Å². The first-order valence-electron chi connectivity index (χ1n) is 8.81. The summed E-state index contributed by atoms with van der Waals surface area (Å²) in [6.07, 6.45) is 2.80. The van der Waals surface area contributed by atoms with E-state index in [1.165, 1.54) is 5.56 Å². The number of benzene rings is 1.